The fraction of sp³-hybridized carbons (Fsp3) is 0.100. The summed E-state index contributed by atoms with van der Waals surface area (Å²) in [5.41, 5.74) is 5.40. The number of anilines is 1. The van der Waals surface area contributed by atoms with Gasteiger partial charge in [0, 0.05) is 18.0 Å². The maximum absolute atomic E-state index is 12.7. The van der Waals surface area contributed by atoms with Crippen molar-refractivity contribution in [2.45, 2.75) is 6.43 Å². The summed E-state index contributed by atoms with van der Waals surface area (Å²) < 4.78 is 25.5. The molecule has 2 aromatic heterocycles. The predicted octanol–water partition coefficient (Wildman–Crippen LogP) is 2.06. The summed E-state index contributed by atoms with van der Waals surface area (Å²) in [5.74, 6) is 0.165. The molecule has 0 spiro atoms. The molecular formula is C10H8F2N4. The van der Waals surface area contributed by atoms with E-state index < -0.39 is 6.43 Å². The molecule has 4 nitrogen and oxygen atoms in total. The number of nitrogen functional groups attached to an aromatic ring is 1. The van der Waals surface area contributed by atoms with Gasteiger partial charge < -0.3 is 5.73 Å². The highest BCUT2D eigenvalue weighted by atomic mass is 19.3. The zero-order valence-electron chi connectivity index (χ0n) is 8.14. The molecule has 0 aromatic carbocycles. The van der Waals surface area contributed by atoms with Crippen LogP contribution in [0.25, 0.3) is 11.5 Å². The second kappa shape index (κ2) is 4.18. The van der Waals surface area contributed by atoms with Gasteiger partial charge in [-0.3, -0.25) is 4.98 Å². The van der Waals surface area contributed by atoms with E-state index in [-0.39, 0.29) is 22.8 Å². The van der Waals surface area contributed by atoms with Crippen LogP contribution in [0, 0.1) is 0 Å². The van der Waals surface area contributed by atoms with Crippen molar-refractivity contribution in [2.75, 3.05) is 5.73 Å². The first-order valence-electron chi connectivity index (χ1n) is 4.49. The van der Waals surface area contributed by atoms with Crippen molar-refractivity contribution in [2.24, 2.45) is 0 Å². The maximum atomic E-state index is 12.7. The summed E-state index contributed by atoms with van der Waals surface area (Å²) >= 11 is 0. The monoisotopic (exact) mass is 222 g/mol. The highest BCUT2D eigenvalue weighted by Gasteiger charge is 2.17. The third kappa shape index (κ3) is 1.95. The summed E-state index contributed by atoms with van der Waals surface area (Å²) in [7, 11) is 0. The molecule has 16 heavy (non-hydrogen) atoms. The highest BCUT2D eigenvalue weighted by Crippen LogP contribution is 2.28. The molecule has 0 saturated carbocycles. The molecule has 82 valence electrons. The van der Waals surface area contributed by atoms with Crippen molar-refractivity contribution >= 4 is 5.69 Å². The largest absolute Gasteiger partial charge is 0.397 e. The molecule has 0 fully saturated rings. The van der Waals surface area contributed by atoms with Gasteiger partial charge in [-0.25, -0.2) is 18.7 Å². The van der Waals surface area contributed by atoms with Crippen LogP contribution < -0.4 is 5.73 Å². The van der Waals surface area contributed by atoms with Crippen LogP contribution in [0.3, 0.4) is 0 Å². The van der Waals surface area contributed by atoms with E-state index in [1.807, 2.05) is 0 Å². The van der Waals surface area contributed by atoms with Crippen molar-refractivity contribution in [3.8, 4) is 11.5 Å². The van der Waals surface area contributed by atoms with Crippen LogP contribution in [-0.4, -0.2) is 15.0 Å². The number of pyridine rings is 1. The number of nitrogens with two attached hydrogens (primary N) is 1. The molecule has 0 aliphatic rings. The third-order valence-corrected chi connectivity index (χ3v) is 1.95. The van der Waals surface area contributed by atoms with E-state index in [2.05, 4.69) is 15.0 Å². The zero-order chi connectivity index (χ0) is 11.5. The molecule has 2 rings (SSSR count). The molecule has 0 amide bonds. The van der Waals surface area contributed by atoms with Crippen molar-refractivity contribution in [3.05, 3.63) is 36.3 Å². The Morgan fingerprint density at radius 1 is 1.12 bits per heavy atom. The summed E-state index contributed by atoms with van der Waals surface area (Å²) in [4.78, 5) is 11.6. The molecule has 2 N–H and O–H groups in total. The Balaban J connectivity index is 2.57. The number of hydrogen-bond acceptors (Lipinski definition) is 4. The van der Waals surface area contributed by atoms with Crippen LogP contribution in [0.5, 0.6) is 0 Å². The van der Waals surface area contributed by atoms with Gasteiger partial charge in [0.1, 0.15) is 5.69 Å². The van der Waals surface area contributed by atoms with Crippen molar-refractivity contribution in [3.63, 3.8) is 0 Å². The molecule has 6 heteroatoms. The summed E-state index contributed by atoms with van der Waals surface area (Å²) in [6.07, 6.45) is 1.58. The molecule has 0 aliphatic heterocycles. The number of halogens is 2. The molecule has 0 atom stereocenters. The number of alkyl halides is 2. The van der Waals surface area contributed by atoms with E-state index in [1.165, 1.54) is 24.7 Å². The number of rotatable bonds is 2. The topological polar surface area (TPSA) is 64.7 Å². The second-order valence-electron chi connectivity index (χ2n) is 3.08. The van der Waals surface area contributed by atoms with E-state index in [0.717, 1.165) is 0 Å². The lowest BCUT2D eigenvalue weighted by Gasteiger charge is -2.06. The van der Waals surface area contributed by atoms with Gasteiger partial charge in [0.25, 0.3) is 6.43 Å². The van der Waals surface area contributed by atoms with Crippen LogP contribution in [0.4, 0.5) is 14.5 Å². The van der Waals surface area contributed by atoms with Crippen LogP contribution in [0.15, 0.2) is 30.7 Å². The van der Waals surface area contributed by atoms with Crippen LogP contribution in [-0.2, 0) is 0 Å². The summed E-state index contributed by atoms with van der Waals surface area (Å²) in [5, 5.41) is 0. The van der Waals surface area contributed by atoms with Crippen LogP contribution in [0.2, 0.25) is 0 Å². The number of aromatic nitrogens is 3. The Morgan fingerprint density at radius 2 is 1.81 bits per heavy atom. The van der Waals surface area contributed by atoms with Gasteiger partial charge in [-0.1, -0.05) is 0 Å². The zero-order valence-corrected chi connectivity index (χ0v) is 8.14. The number of hydrogen-bond donors (Lipinski definition) is 1. The number of nitrogens with zero attached hydrogens (tertiary/aromatic N) is 3. The molecule has 0 radical (unpaired) electrons. The minimum atomic E-state index is -2.66. The van der Waals surface area contributed by atoms with Gasteiger partial charge in [-0.2, -0.15) is 0 Å². The van der Waals surface area contributed by atoms with Crippen LogP contribution >= 0.6 is 0 Å². The second-order valence-corrected chi connectivity index (χ2v) is 3.08. The lowest BCUT2D eigenvalue weighted by atomic mass is 10.1. The quantitative estimate of drug-likeness (QED) is 0.844. The highest BCUT2D eigenvalue weighted by molar-refractivity contribution is 5.58. The van der Waals surface area contributed by atoms with Crippen molar-refractivity contribution < 1.29 is 8.78 Å². The molecule has 0 bridgehead atoms. The van der Waals surface area contributed by atoms with Gasteiger partial charge in [0.05, 0.1) is 11.9 Å². The lowest BCUT2D eigenvalue weighted by molar-refractivity contribution is 0.151. The standard InChI is InChI=1S/C10H8F2N4/c11-9(12)7-4-6(13)5-16-8(7)10-14-2-1-3-15-10/h1-5,9H,13H2. The normalized spacial score (nSPS) is 10.7. The fourth-order valence-electron chi connectivity index (χ4n) is 1.27. The molecule has 0 saturated heterocycles. The first kappa shape index (κ1) is 10.4. The predicted molar refractivity (Wildman–Crippen MR) is 54.6 cm³/mol. The van der Waals surface area contributed by atoms with E-state index >= 15 is 0 Å². The van der Waals surface area contributed by atoms with Gasteiger partial charge in [0.15, 0.2) is 5.82 Å². The molecular weight excluding hydrogens is 214 g/mol. The molecule has 2 aromatic rings. The van der Waals surface area contributed by atoms with Crippen LogP contribution in [0.1, 0.15) is 12.0 Å². The molecule has 0 unspecified atom stereocenters. The van der Waals surface area contributed by atoms with Gasteiger partial charge >= 0.3 is 0 Å². The Bertz CT molecular complexity index is 487. The van der Waals surface area contributed by atoms with Gasteiger partial charge in [-0.15, -0.1) is 0 Å². The Morgan fingerprint density at radius 3 is 2.44 bits per heavy atom. The lowest BCUT2D eigenvalue weighted by Crippen LogP contribution is -1.99. The maximum Gasteiger partial charge on any atom is 0.266 e. The minimum absolute atomic E-state index is 0.0600. The van der Waals surface area contributed by atoms with Crippen molar-refractivity contribution in [1.82, 2.24) is 15.0 Å². The summed E-state index contributed by atoms with van der Waals surface area (Å²) in [6.45, 7) is 0. The summed E-state index contributed by atoms with van der Waals surface area (Å²) in [6, 6.07) is 2.78. The first-order valence-corrected chi connectivity index (χ1v) is 4.49. The third-order valence-electron chi connectivity index (χ3n) is 1.95. The average Bonchev–Trinajstić information content (AvgIpc) is 2.30. The molecule has 0 aliphatic carbocycles. The van der Waals surface area contributed by atoms with Crippen molar-refractivity contribution in [1.29, 1.82) is 0 Å². The Kier molecular flexibility index (Phi) is 2.72. The Labute approximate surface area is 90.2 Å². The molecule has 2 heterocycles. The van der Waals surface area contributed by atoms with E-state index in [0.29, 0.717) is 0 Å². The minimum Gasteiger partial charge on any atom is -0.397 e. The van der Waals surface area contributed by atoms with E-state index in [1.54, 1.807) is 6.07 Å². The Hall–Kier alpha value is -2.11. The average molecular weight is 222 g/mol. The van der Waals surface area contributed by atoms with E-state index in [9.17, 15) is 8.78 Å². The smallest absolute Gasteiger partial charge is 0.266 e. The SMILES string of the molecule is Nc1cnc(-c2ncccn2)c(C(F)F)c1. The van der Waals surface area contributed by atoms with E-state index in [4.69, 9.17) is 5.73 Å². The first-order chi connectivity index (χ1) is 7.68. The fourth-order valence-corrected chi connectivity index (χ4v) is 1.27. The van der Waals surface area contributed by atoms with Gasteiger partial charge in [0.2, 0.25) is 0 Å². The van der Waals surface area contributed by atoms with Gasteiger partial charge in [-0.05, 0) is 12.1 Å².